The molecule has 0 fully saturated rings. The van der Waals surface area contributed by atoms with Gasteiger partial charge in [0.15, 0.2) is 0 Å². The molecule has 1 aromatic heterocycles. The van der Waals surface area contributed by atoms with E-state index < -0.39 is 11.7 Å². The van der Waals surface area contributed by atoms with Gasteiger partial charge < -0.3 is 13.9 Å². The van der Waals surface area contributed by atoms with E-state index in [9.17, 15) is 13.2 Å². The van der Waals surface area contributed by atoms with Gasteiger partial charge in [0, 0.05) is 21.7 Å². The molecule has 0 unspecified atom stereocenters. The number of hydrogen-bond donors (Lipinski definition) is 0. The minimum Gasteiger partial charge on any atom is -0.496 e. The second-order valence-corrected chi connectivity index (χ2v) is 8.09. The Balaban J connectivity index is 1.49. The summed E-state index contributed by atoms with van der Waals surface area (Å²) in [6.07, 6.45) is -1.11. The van der Waals surface area contributed by atoms with Crippen molar-refractivity contribution in [3.05, 3.63) is 93.8 Å². The number of nitrogens with zero attached hydrogens (tertiary/aromatic N) is 2. The monoisotopic (exact) mass is 530 g/mol. The molecule has 3 aromatic carbocycles. The Morgan fingerprint density at radius 3 is 2.50 bits per heavy atom. The SMILES string of the molecule is COc1ccc(/C=C\c2nnc(-c3cccc(C(F)(F)F)c3)o2)cc1COc1ccc(Br)cc1. The van der Waals surface area contributed by atoms with Crippen molar-refractivity contribution in [2.45, 2.75) is 12.8 Å². The molecule has 0 aliphatic heterocycles. The molecule has 0 bridgehead atoms. The zero-order chi connectivity index (χ0) is 24.1. The normalized spacial score (nSPS) is 11.7. The average Bonchev–Trinajstić information content (AvgIpc) is 3.31. The van der Waals surface area contributed by atoms with Gasteiger partial charge in [0.05, 0.1) is 12.7 Å². The summed E-state index contributed by atoms with van der Waals surface area (Å²) >= 11 is 3.39. The van der Waals surface area contributed by atoms with E-state index in [0.29, 0.717) is 12.4 Å². The van der Waals surface area contributed by atoms with Gasteiger partial charge in [-0.1, -0.05) is 28.1 Å². The van der Waals surface area contributed by atoms with Crippen molar-refractivity contribution in [2.24, 2.45) is 0 Å². The van der Waals surface area contributed by atoms with E-state index in [0.717, 1.165) is 33.5 Å². The third-order valence-corrected chi connectivity index (χ3v) is 5.34. The predicted molar refractivity (Wildman–Crippen MR) is 125 cm³/mol. The summed E-state index contributed by atoms with van der Waals surface area (Å²) in [5.41, 5.74) is 1.08. The highest BCUT2D eigenvalue weighted by atomic mass is 79.9. The van der Waals surface area contributed by atoms with Crippen molar-refractivity contribution >= 4 is 28.1 Å². The van der Waals surface area contributed by atoms with Gasteiger partial charge in [0.2, 0.25) is 11.8 Å². The van der Waals surface area contributed by atoms with Crippen molar-refractivity contribution in [3.63, 3.8) is 0 Å². The van der Waals surface area contributed by atoms with Crippen molar-refractivity contribution in [2.75, 3.05) is 7.11 Å². The molecular weight excluding hydrogens is 513 g/mol. The second-order valence-electron chi connectivity index (χ2n) is 7.17. The van der Waals surface area contributed by atoms with E-state index in [1.165, 1.54) is 12.1 Å². The van der Waals surface area contributed by atoms with E-state index in [1.54, 1.807) is 19.3 Å². The highest BCUT2D eigenvalue weighted by Gasteiger charge is 2.30. The minimum atomic E-state index is -4.45. The van der Waals surface area contributed by atoms with Crippen LogP contribution in [0.5, 0.6) is 11.5 Å². The largest absolute Gasteiger partial charge is 0.496 e. The first-order valence-corrected chi connectivity index (χ1v) is 10.9. The van der Waals surface area contributed by atoms with Gasteiger partial charge in [0.1, 0.15) is 18.1 Å². The minimum absolute atomic E-state index is 0.00377. The Kier molecular flexibility index (Phi) is 7.02. The Labute approximate surface area is 202 Å². The van der Waals surface area contributed by atoms with Crippen LogP contribution in [0.25, 0.3) is 23.6 Å². The summed E-state index contributed by atoms with van der Waals surface area (Å²) in [4.78, 5) is 0. The van der Waals surface area contributed by atoms with Gasteiger partial charge in [-0.3, -0.25) is 0 Å². The van der Waals surface area contributed by atoms with E-state index in [2.05, 4.69) is 26.1 Å². The molecule has 0 atom stereocenters. The van der Waals surface area contributed by atoms with Gasteiger partial charge in [-0.15, -0.1) is 10.2 Å². The predicted octanol–water partition coefficient (Wildman–Crippen LogP) is 7.28. The molecule has 9 heteroatoms. The van der Waals surface area contributed by atoms with Crippen LogP contribution in [0.3, 0.4) is 0 Å². The maximum absolute atomic E-state index is 13.0. The zero-order valence-corrected chi connectivity index (χ0v) is 19.4. The maximum Gasteiger partial charge on any atom is 0.416 e. The molecule has 1 heterocycles. The standard InChI is InChI=1S/C25H18BrF3N2O3/c1-32-22-11-5-16(13-18(22)15-33-21-9-7-20(26)8-10-21)6-12-23-30-31-24(34-23)17-3-2-4-19(14-17)25(27,28)29/h2-14H,15H2,1H3/b12-6-. The molecule has 0 amide bonds. The van der Waals surface area contributed by atoms with Crippen LogP contribution in [0, 0.1) is 0 Å². The Morgan fingerprint density at radius 1 is 0.971 bits per heavy atom. The third-order valence-electron chi connectivity index (χ3n) is 4.81. The number of alkyl halides is 3. The van der Waals surface area contributed by atoms with Crippen molar-refractivity contribution in [1.82, 2.24) is 10.2 Å². The first kappa shape index (κ1) is 23.6. The summed E-state index contributed by atoms with van der Waals surface area (Å²) in [5.74, 6) is 1.57. The van der Waals surface area contributed by atoms with Gasteiger partial charge in [-0.25, -0.2) is 0 Å². The molecule has 0 spiro atoms. The number of benzene rings is 3. The first-order chi connectivity index (χ1) is 16.3. The lowest BCUT2D eigenvalue weighted by Gasteiger charge is -2.11. The molecule has 4 rings (SSSR count). The number of rotatable bonds is 7. The van der Waals surface area contributed by atoms with Gasteiger partial charge in [0.25, 0.3) is 0 Å². The van der Waals surface area contributed by atoms with Crippen LogP contribution in [-0.2, 0) is 12.8 Å². The van der Waals surface area contributed by atoms with Gasteiger partial charge in [-0.05, 0) is 66.2 Å². The van der Waals surface area contributed by atoms with Gasteiger partial charge in [-0.2, -0.15) is 13.2 Å². The quantitative estimate of drug-likeness (QED) is 0.251. The fourth-order valence-corrected chi connectivity index (χ4v) is 3.39. The van der Waals surface area contributed by atoms with Crippen LogP contribution in [0.4, 0.5) is 13.2 Å². The number of methoxy groups -OCH3 is 1. The maximum atomic E-state index is 13.0. The molecule has 4 aromatic rings. The van der Waals surface area contributed by atoms with Crippen molar-refractivity contribution in [1.29, 1.82) is 0 Å². The summed E-state index contributed by atoms with van der Waals surface area (Å²) in [7, 11) is 1.59. The van der Waals surface area contributed by atoms with E-state index in [4.69, 9.17) is 13.9 Å². The molecule has 0 N–H and O–H groups in total. The van der Waals surface area contributed by atoms with Crippen LogP contribution < -0.4 is 9.47 Å². The van der Waals surface area contributed by atoms with Crippen LogP contribution in [0.15, 0.2) is 75.6 Å². The summed E-state index contributed by atoms with van der Waals surface area (Å²) in [6.45, 7) is 0.298. The van der Waals surface area contributed by atoms with Crippen LogP contribution in [-0.4, -0.2) is 17.3 Å². The molecule has 0 saturated heterocycles. The lowest BCUT2D eigenvalue weighted by atomic mass is 10.1. The van der Waals surface area contributed by atoms with Gasteiger partial charge >= 0.3 is 6.18 Å². The van der Waals surface area contributed by atoms with Crippen molar-refractivity contribution in [3.8, 4) is 23.0 Å². The average molecular weight is 531 g/mol. The van der Waals surface area contributed by atoms with Crippen molar-refractivity contribution < 1.29 is 27.1 Å². The highest BCUT2D eigenvalue weighted by molar-refractivity contribution is 9.10. The van der Waals surface area contributed by atoms with Crippen LogP contribution in [0.1, 0.15) is 22.6 Å². The lowest BCUT2D eigenvalue weighted by molar-refractivity contribution is -0.137. The lowest BCUT2D eigenvalue weighted by Crippen LogP contribution is -2.04. The molecule has 174 valence electrons. The molecule has 34 heavy (non-hydrogen) atoms. The van der Waals surface area contributed by atoms with Crippen LogP contribution in [0.2, 0.25) is 0 Å². The van der Waals surface area contributed by atoms with E-state index in [-0.39, 0.29) is 17.3 Å². The van der Waals surface area contributed by atoms with E-state index in [1.807, 2.05) is 42.5 Å². The first-order valence-electron chi connectivity index (χ1n) is 10.1. The molecule has 0 aliphatic carbocycles. The fourth-order valence-electron chi connectivity index (χ4n) is 3.12. The Bertz CT molecular complexity index is 1300. The number of aromatic nitrogens is 2. The smallest absolute Gasteiger partial charge is 0.416 e. The molecule has 0 aliphatic rings. The number of halogens is 4. The molecule has 5 nitrogen and oxygen atoms in total. The fraction of sp³-hybridized carbons (Fsp3) is 0.120. The van der Waals surface area contributed by atoms with Crippen LogP contribution >= 0.6 is 15.9 Å². The summed E-state index contributed by atoms with van der Waals surface area (Å²) in [5, 5.41) is 7.76. The summed E-state index contributed by atoms with van der Waals surface area (Å²) in [6, 6.07) is 17.8. The Morgan fingerprint density at radius 2 is 1.76 bits per heavy atom. The topological polar surface area (TPSA) is 57.4 Å². The van der Waals surface area contributed by atoms with E-state index >= 15 is 0 Å². The zero-order valence-electron chi connectivity index (χ0n) is 17.8. The third kappa shape index (κ3) is 5.85. The summed E-state index contributed by atoms with van der Waals surface area (Å²) < 4.78 is 56.6. The number of hydrogen-bond acceptors (Lipinski definition) is 5. The molecule has 0 radical (unpaired) electrons. The molecular formula is C25H18BrF3N2O3. The number of ether oxygens (including phenoxy) is 2. The second kappa shape index (κ2) is 10.1. The highest BCUT2D eigenvalue weighted by Crippen LogP contribution is 2.32. The molecule has 0 saturated carbocycles. The Hall–Kier alpha value is -3.59.